The molecular formula is C14H29N3. The Labute approximate surface area is 106 Å². The SMILES string of the molecule is C[C@H](CN1CCCCCC1)N1CCC(N)CC1. The standard InChI is InChI=1S/C14H29N3/c1-13(17-10-6-14(15)7-11-17)12-16-8-4-2-3-5-9-16/h13-14H,2-12,15H2,1H3/t13-/m1/s1. The van der Waals surface area contributed by atoms with Crippen molar-refractivity contribution in [2.45, 2.75) is 57.5 Å². The number of nitrogens with two attached hydrogens (primary N) is 1. The van der Waals surface area contributed by atoms with Gasteiger partial charge in [0.2, 0.25) is 0 Å². The summed E-state index contributed by atoms with van der Waals surface area (Å²) in [6.07, 6.45) is 8.04. The summed E-state index contributed by atoms with van der Waals surface area (Å²) in [6.45, 7) is 8.69. The third-order valence-corrected chi connectivity index (χ3v) is 4.42. The minimum absolute atomic E-state index is 0.455. The first-order valence-electron chi connectivity index (χ1n) is 7.47. The molecule has 100 valence electrons. The third-order valence-electron chi connectivity index (χ3n) is 4.42. The maximum atomic E-state index is 5.96. The fourth-order valence-electron chi connectivity index (χ4n) is 3.17. The van der Waals surface area contributed by atoms with Crippen molar-refractivity contribution >= 4 is 0 Å². The molecule has 0 aromatic heterocycles. The Morgan fingerprint density at radius 1 is 1.00 bits per heavy atom. The second-order valence-corrected chi connectivity index (χ2v) is 5.94. The maximum absolute atomic E-state index is 5.96. The Kier molecular flexibility index (Phi) is 5.26. The van der Waals surface area contributed by atoms with E-state index in [0.717, 1.165) is 0 Å². The predicted octanol–water partition coefficient (Wildman–Crippen LogP) is 1.67. The van der Waals surface area contributed by atoms with Gasteiger partial charge in [-0.2, -0.15) is 0 Å². The molecular weight excluding hydrogens is 210 g/mol. The highest BCUT2D eigenvalue weighted by molar-refractivity contribution is 4.80. The van der Waals surface area contributed by atoms with Gasteiger partial charge in [0.1, 0.15) is 0 Å². The Hall–Kier alpha value is -0.120. The molecule has 2 N–H and O–H groups in total. The van der Waals surface area contributed by atoms with Crippen molar-refractivity contribution in [3.63, 3.8) is 0 Å². The van der Waals surface area contributed by atoms with E-state index in [4.69, 9.17) is 5.73 Å². The summed E-state index contributed by atoms with van der Waals surface area (Å²) < 4.78 is 0. The van der Waals surface area contributed by atoms with Gasteiger partial charge in [-0.3, -0.25) is 4.90 Å². The van der Waals surface area contributed by atoms with Gasteiger partial charge >= 0.3 is 0 Å². The number of hydrogen-bond donors (Lipinski definition) is 1. The van der Waals surface area contributed by atoms with Gasteiger partial charge < -0.3 is 10.6 Å². The first-order valence-corrected chi connectivity index (χ1v) is 7.47. The smallest absolute Gasteiger partial charge is 0.0194 e. The van der Waals surface area contributed by atoms with Crippen LogP contribution in [-0.2, 0) is 0 Å². The molecule has 2 fully saturated rings. The summed E-state index contributed by atoms with van der Waals surface area (Å²) in [4.78, 5) is 5.31. The second-order valence-electron chi connectivity index (χ2n) is 5.94. The zero-order valence-electron chi connectivity index (χ0n) is 11.4. The summed E-state index contributed by atoms with van der Waals surface area (Å²) in [7, 11) is 0. The minimum atomic E-state index is 0.455. The first kappa shape index (κ1) is 13.3. The van der Waals surface area contributed by atoms with Crippen LogP contribution in [-0.4, -0.2) is 54.6 Å². The highest BCUT2D eigenvalue weighted by Crippen LogP contribution is 2.15. The van der Waals surface area contributed by atoms with E-state index in [9.17, 15) is 0 Å². The van der Waals surface area contributed by atoms with Crippen molar-refractivity contribution < 1.29 is 0 Å². The van der Waals surface area contributed by atoms with Crippen LogP contribution in [0.1, 0.15) is 45.4 Å². The molecule has 0 aliphatic carbocycles. The summed E-state index contributed by atoms with van der Waals surface area (Å²) >= 11 is 0. The van der Waals surface area contributed by atoms with Crippen molar-refractivity contribution in [2.24, 2.45) is 5.73 Å². The van der Waals surface area contributed by atoms with Crippen LogP contribution in [0.4, 0.5) is 0 Å². The van der Waals surface area contributed by atoms with Gasteiger partial charge in [-0.05, 0) is 58.8 Å². The summed E-state index contributed by atoms with van der Waals surface area (Å²) in [6, 6.07) is 1.16. The fourth-order valence-corrected chi connectivity index (χ4v) is 3.17. The lowest BCUT2D eigenvalue weighted by Gasteiger charge is -2.37. The number of hydrogen-bond acceptors (Lipinski definition) is 3. The molecule has 0 aromatic rings. The summed E-state index contributed by atoms with van der Waals surface area (Å²) in [5.41, 5.74) is 5.96. The quantitative estimate of drug-likeness (QED) is 0.813. The number of likely N-dealkylation sites (tertiary alicyclic amines) is 2. The first-order chi connectivity index (χ1) is 8.25. The Morgan fingerprint density at radius 2 is 1.59 bits per heavy atom. The van der Waals surface area contributed by atoms with Gasteiger partial charge in [0.15, 0.2) is 0 Å². The maximum Gasteiger partial charge on any atom is 0.0194 e. The number of rotatable bonds is 3. The molecule has 0 spiro atoms. The van der Waals surface area contributed by atoms with Crippen LogP contribution in [0.25, 0.3) is 0 Å². The Morgan fingerprint density at radius 3 is 2.18 bits per heavy atom. The second kappa shape index (κ2) is 6.72. The molecule has 2 rings (SSSR count). The van der Waals surface area contributed by atoms with Crippen LogP contribution < -0.4 is 5.73 Å². The molecule has 2 heterocycles. The predicted molar refractivity (Wildman–Crippen MR) is 73.2 cm³/mol. The largest absolute Gasteiger partial charge is 0.328 e. The molecule has 0 unspecified atom stereocenters. The van der Waals surface area contributed by atoms with Crippen LogP contribution in [0.15, 0.2) is 0 Å². The molecule has 3 heteroatoms. The van der Waals surface area contributed by atoms with Crippen molar-refractivity contribution in [2.75, 3.05) is 32.7 Å². The van der Waals surface area contributed by atoms with E-state index < -0.39 is 0 Å². The molecule has 0 bridgehead atoms. The van der Waals surface area contributed by atoms with E-state index in [2.05, 4.69) is 16.7 Å². The minimum Gasteiger partial charge on any atom is -0.328 e. The van der Waals surface area contributed by atoms with Gasteiger partial charge in [0, 0.05) is 18.6 Å². The van der Waals surface area contributed by atoms with Gasteiger partial charge in [0.25, 0.3) is 0 Å². The summed E-state index contributed by atoms with van der Waals surface area (Å²) in [5, 5.41) is 0. The topological polar surface area (TPSA) is 32.5 Å². The van der Waals surface area contributed by atoms with Crippen molar-refractivity contribution in [1.82, 2.24) is 9.80 Å². The number of piperidine rings is 1. The van der Waals surface area contributed by atoms with Gasteiger partial charge in [-0.15, -0.1) is 0 Å². The summed E-state index contributed by atoms with van der Waals surface area (Å²) in [5.74, 6) is 0. The Bertz CT molecular complexity index is 204. The van der Waals surface area contributed by atoms with Gasteiger partial charge in [-0.1, -0.05) is 12.8 Å². The molecule has 0 aromatic carbocycles. The van der Waals surface area contributed by atoms with E-state index in [-0.39, 0.29) is 0 Å². The van der Waals surface area contributed by atoms with E-state index in [1.54, 1.807) is 0 Å². The van der Waals surface area contributed by atoms with Crippen LogP contribution in [0.3, 0.4) is 0 Å². The van der Waals surface area contributed by atoms with Crippen LogP contribution in [0.5, 0.6) is 0 Å². The zero-order valence-corrected chi connectivity index (χ0v) is 11.4. The lowest BCUT2D eigenvalue weighted by Crippen LogP contribution is -2.48. The molecule has 2 saturated heterocycles. The Balaban J connectivity index is 1.73. The van der Waals surface area contributed by atoms with Gasteiger partial charge in [0.05, 0.1) is 0 Å². The molecule has 1 atom stereocenters. The highest BCUT2D eigenvalue weighted by Gasteiger charge is 2.22. The van der Waals surface area contributed by atoms with Crippen molar-refractivity contribution in [1.29, 1.82) is 0 Å². The van der Waals surface area contributed by atoms with E-state index >= 15 is 0 Å². The highest BCUT2D eigenvalue weighted by atomic mass is 15.2. The zero-order chi connectivity index (χ0) is 12.1. The van der Waals surface area contributed by atoms with Crippen molar-refractivity contribution in [3.8, 4) is 0 Å². The van der Waals surface area contributed by atoms with E-state index in [1.807, 2.05) is 0 Å². The van der Waals surface area contributed by atoms with Crippen LogP contribution in [0, 0.1) is 0 Å². The molecule has 2 aliphatic rings. The normalized spacial score (nSPS) is 27.9. The lowest BCUT2D eigenvalue weighted by atomic mass is 10.0. The number of nitrogens with zero attached hydrogens (tertiary/aromatic N) is 2. The van der Waals surface area contributed by atoms with Crippen LogP contribution >= 0.6 is 0 Å². The average molecular weight is 239 g/mol. The molecule has 0 radical (unpaired) electrons. The van der Waals surface area contributed by atoms with Crippen LogP contribution in [0.2, 0.25) is 0 Å². The van der Waals surface area contributed by atoms with E-state index in [0.29, 0.717) is 12.1 Å². The average Bonchev–Trinajstić information content (AvgIpc) is 2.58. The molecule has 0 saturated carbocycles. The van der Waals surface area contributed by atoms with E-state index in [1.165, 1.54) is 71.2 Å². The van der Waals surface area contributed by atoms with Gasteiger partial charge in [-0.25, -0.2) is 0 Å². The fraction of sp³-hybridized carbons (Fsp3) is 1.00. The molecule has 17 heavy (non-hydrogen) atoms. The van der Waals surface area contributed by atoms with Crippen molar-refractivity contribution in [3.05, 3.63) is 0 Å². The third kappa shape index (κ3) is 4.23. The monoisotopic (exact) mass is 239 g/mol. The molecule has 0 amide bonds. The molecule has 2 aliphatic heterocycles. The molecule has 3 nitrogen and oxygen atoms in total. The lowest BCUT2D eigenvalue weighted by molar-refractivity contribution is 0.123.